The van der Waals surface area contributed by atoms with Crippen LogP contribution in [-0.2, 0) is 0 Å². The molecule has 1 aliphatic carbocycles. The Morgan fingerprint density at radius 1 is 1.14 bits per heavy atom. The maximum absolute atomic E-state index is 5.64. The first-order valence-electron chi connectivity index (χ1n) is 7.99. The van der Waals surface area contributed by atoms with Crippen molar-refractivity contribution < 1.29 is 9.47 Å². The number of hydrogen-bond donors (Lipinski definition) is 1. The van der Waals surface area contributed by atoms with Crippen molar-refractivity contribution in [1.82, 2.24) is 10.2 Å². The minimum absolute atomic E-state index is 0.408. The van der Waals surface area contributed by atoms with Gasteiger partial charge in [-0.1, -0.05) is 18.9 Å². The number of piperazine rings is 1. The third-order valence-electron chi connectivity index (χ3n) is 4.65. The molecule has 0 aromatic heterocycles. The lowest BCUT2D eigenvalue weighted by Gasteiger charge is -2.36. The fourth-order valence-corrected chi connectivity index (χ4v) is 3.32. The Kier molecular flexibility index (Phi) is 4.66. The SMILES string of the molecule is COc1cccc(OC)c1[C@H](CC1CC1)N1CCNCC1. The van der Waals surface area contributed by atoms with Gasteiger partial charge in [0.25, 0.3) is 0 Å². The molecule has 4 nitrogen and oxygen atoms in total. The first-order chi connectivity index (χ1) is 10.3. The average molecular weight is 290 g/mol. The Bertz CT molecular complexity index is 446. The summed E-state index contributed by atoms with van der Waals surface area (Å²) in [6, 6.07) is 6.53. The Labute approximate surface area is 127 Å². The van der Waals surface area contributed by atoms with Gasteiger partial charge < -0.3 is 14.8 Å². The van der Waals surface area contributed by atoms with Crippen molar-refractivity contribution in [2.45, 2.75) is 25.3 Å². The number of hydrogen-bond acceptors (Lipinski definition) is 4. The summed E-state index contributed by atoms with van der Waals surface area (Å²) in [4.78, 5) is 2.59. The van der Waals surface area contributed by atoms with Crippen LogP contribution in [0.15, 0.2) is 18.2 Å². The second kappa shape index (κ2) is 6.67. The number of ether oxygens (including phenoxy) is 2. The zero-order chi connectivity index (χ0) is 14.7. The molecule has 2 fully saturated rings. The van der Waals surface area contributed by atoms with Gasteiger partial charge >= 0.3 is 0 Å². The van der Waals surface area contributed by atoms with Gasteiger partial charge in [0.2, 0.25) is 0 Å². The summed E-state index contributed by atoms with van der Waals surface area (Å²) in [5, 5.41) is 3.44. The highest BCUT2D eigenvalue weighted by atomic mass is 16.5. The minimum Gasteiger partial charge on any atom is -0.496 e. The number of nitrogens with zero attached hydrogens (tertiary/aromatic N) is 1. The van der Waals surface area contributed by atoms with Gasteiger partial charge in [0.15, 0.2) is 0 Å². The Morgan fingerprint density at radius 2 is 1.76 bits per heavy atom. The van der Waals surface area contributed by atoms with Gasteiger partial charge in [-0.2, -0.15) is 0 Å². The van der Waals surface area contributed by atoms with Gasteiger partial charge in [-0.3, -0.25) is 4.90 Å². The van der Waals surface area contributed by atoms with E-state index in [0.717, 1.165) is 43.6 Å². The molecule has 1 aromatic rings. The largest absolute Gasteiger partial charge is 0.496 e. The Hall–Kier alpha value is -1.26. The van der Waals surface area contributed by atoms with Crippen LogP contribution >= 0.6 is 0 Å². The van der Waals surface area contributed by atoms with Crippen LogP contribution in [0.4, 0.5) is 0 Å². The number of rotatable bonds is 6. The number of benzene rings is 1. The molecule has 0 amide bonds. The van der Waals surface area contributed by atoms with Gasteiger partial charge in [0, 0.05) is 32.2 Å². The monoisotopic (exact) mass is 290 g/mol. The summed E-state index contributed by atoms with van der Waals surface area (Å²) >= 11 is 0. The number of nitrogens with one attached hydrogen (secondary N) is 1. The van der Waals surface area contributed by atoms with Crippen LogP contribution in [0.1, 0.15) is 30.9 Å². The molecule has 21 heavy (non-hydrogen) atoms. The maximum atomic E-state index is 5.64. The molecule has 0 bridgehead atoms. The van der Waals surface area contributed by atoms with Crippen LogP contribution in [0.2, 0.25) is 0 Å². The van der Waals surface area contributed by atoms with Crippen molar-refractivity contribution in [2.24, 2.45) is 5.92 Å². The predicted octanol–water partition coefficient (Wildman–Crippen LogP) is 2.45. The topological polar surface area (TPSA) is 33.7 Å². The van der Waals surface area contributed by atoms with Crippen molar-refractivity contribution in [3.8, 4) is 11.5 Å². The molecule has 1 saturated carbocycles. The zero-order valence-electron chi connectivity index (χ0n) is 13.1. The summed E-state index contributed by atoms with van der Waals surface area (Å²) in [5.41, 5.74) is 1.23. The van der Waals surface area contributed by atoms with Crippen molar-refractivity contribution in [2.75, 3.05) is 40.4 Å². The van der Waals surface area contributed by atoms with E-state index in [0.29, 0.717) is 6.04 Å². The molecule has 1 atom stereocenters. The van der Waals surface area contributed by atoms with Crippen LogP contribution in [-0.4, -0.2) is 45.3 Å². The molecule has 1 N–H and O–H groups in total. The van der Waals surface area contributed by atoms with E-state index in [1.807, 2.05) is 6.07 Å². The van der Waals surface area contributed by atoms with Crippen molar-refractivity contribution >= 4 is 0 Å². The molecule has 0 spiro atoms. The van der Waals surface area contributed by atoms with Crippen molar-refractivity contribution in [1.29, 1.82) is 0 Å². The van der Waals surface area contributed by atoms with E-state index in [2.05, 4.69) is 22.3 Å². The second-order valence-electron chi connectivity index (χ2n) is 6.06. The third kappa shape index (κ3) is 3.33. The van der Waals surface area contributed by atoms with Crippen molar-refractivity contribution in [3.05, 3.63) is 23.8 Å². The summed E-state index contributed by atoms with van der Waals surface area (Å²) in [5.74, 6) is 2.79. The first kappa shape index (κ1) is 14.7. The molecular formula is C17H26N2O2. The summed E-state index contributed by atoms with van der Waals surface area (Å²) in [6.45, 7) is 4.33. The highest BCUT2D eigenvalue weighted by Gasteiger charge is 2.33. The molecule has 2 aliphatic rings. The second-order valence-corrected chi connectivity index (χ2v) is 6.06. The van der Waals surface area contributed by atoms with Crippen LogP contribution in [0, 0.1) is 5.92 Å². The molecule has 1 heterocycles. The summed E-state index contributed by atoms with van der Waals surface area (Å²) in [6.07, 6.45) is 3.97. The zero-order valence-corrected chi connectivity index (χ0v) is 13.1. The van der Waals surface area contributed by atoms with Crippen LogP contribution in [0.25, 0.3) is 0 Å². The molecular weight excluding hydrogens is 264 g/mol. The van der Waals surface area contributed by atoms with Crippen LogP contribution in [0.3, 0.4) is 0 Å². The van der Waals surface area contributed by atoms with E-state index in [4.69, 9.17) is 9.47 Å². The molecule has 1 aromatic carbocycles. The Morgan fingerprint density at radius 3 is 2.29 bits per heavy atom. The fourth-order valence-electron chi connectivity index (χ4n) is 3.32. The lowest BCUT2D eigenvalue weighted by Crippen LogP contribution is -2.45. The van der Waals surface area contributed by atoms with Crippen molar-refractivity contribution in [3.63, 3.8) is 0 Å². The van der Waals surface area contributed by atoms with E-state index >= 15 is 0 Å². The minimum atomic E-state index is 0.408. The third-order valence-corrected chi connectivity index (χ3v) is 4.65. The maximum Gasteiger partial charge on any atom is 0.127 e. The predicted molar refractivity (Wildman–Crippen MR) is 84.1 cm³/mol. The lowest BCUT2D eigenvalue weighted by atomic mass is 9.96. The van der Waals surface area contributed by atoms with Crippen LogP contribution in [0.5, 0.6) is 11.5 Å². The lowest BCUT2D eigenvalue weighted by molar-refractivity contribution is 0.155. The van der Waals surface area contributed by atoms with Gasteiger partial charge in [-0.25, -0.2) is 0 Å². The molecule has 1 saturated heterocycles. The summed E-state index contributed by atoms with van der Waals surface area (Å²) < 4.78 is 11.3. The smallest absolute Gasteiger partial charge is 0.127 e. The van der Waals surface area contributed by atoms with E-state index in [-0.39, 0.29) is 0 Å². The van der Waals surface area contributed by atoms with Gasteiger partial charge in [-0.05, 0) is 24.5 Å². The molecule has 3 rings (SSSR count). The molecule has 1 aliphatic heterocycles. The first-order valence-corrected chi connectivity index (χ1v) is 7.99. The van der Waals surface area contributed by atoms with E-state index < -0.39 is 0 Å². The fraction of sp³-hybridized carbons (Fsp3) is 0.647. The van der Waals surface area contributed by atoms with E-state index in [9.17, 15) is 0 Å². The van der Waals surface area contributed by atoms with E-state index in [1.54, 1.807) is 14.2 Å². The van der Waals surface area contributed by atoms with Crippen LogP contribution < -0.4 is 14.8 Å². The van der Waals surface area contributed by atoms with E-state index in [1.165, 1.54) is 24.8 Å². The molecule has 116 valence electrons. The number of methoxy groups -OCH3 is 2. The summed E-state index contributed by atoms with van der Waals surface area (Å²) in [7, 11) is 3.51. The standard InChI is InChI=1S/C17H26N2O2/c1-20-15-4-3-5-16(21-2)17(15)14(12-13-6-7-13)19-10-8-18-9-11-19/h3-5,13-14,18H,6-12H2,1-2H3/t14-/m0/s1. The van der Waals surface area contributed by atoms with Gasteiger partial charge in [-0.15, -0.1) is 0 Å². The quantitative estimate of drug-likeness (QED) is 0.872. The van der Waals surface area contributed by atoms with Gasteiger partial charge in [0.1, 0.15) is 11.5 Å². The highest BCUT2D eigenvalue weighted by Crippen LogP contribution is 2.45. The molecule has 0 unspecified atom stereocenters. The van der Waals surface area contributed by atoms with Gasteiger partial charge in [0.05, 0.1) is 19.8 Å². The molecule has 0 radical (unpaired) electrons. The normalized spacial score (nSPS) is 21.0. The molecule has 4 heteroatoms. The highest BCUT2D eigenvalue weighted by molar-refractivity contribution is 5.47. The Balaban J connectivity index is 1.93. The average Bonchev–Trinajstić information content (AvgIpc) is 3.37.